The Balaban J connectivity index is 1.38. The van der Waals surface area contributed by atoms with Gasteiger partial charge in [-0.15, -0.1) is 0 Å². The number of hydrogen-bond donors (Lipinski definition) is 1. The van der Waals surface area contributed by atoms with Gasteiger partial charge < -0.3 is 19.5 Å². The van der Waals surface area contributed by atoms with Crippen LogP contribution in [-0.4, -0.2) is 57.0 Å². The number of carbonyl (C=O) groups excluding carboxylic acids is 1. The zero-order chi connectivity index (χ0) is 21.1. The summed E-state index contributed by atoms with van der Waals surface area (Å²) in [5.74, 6) is 1.04. The number of nitrogens with one attached hydrogen (secondary N) is 1. The fraction of sp³-hybridized carbons (Fsp3) is 0.400. The van der Waals surface area contributed by atoms with Gasteiger partial charge in [0.1, 0.15) is 13.2 Å². The van der Waals surface area contributed by atoms with Crippen LogP contribution >= 0.6 is 0 Å². The summed E-state index contributed by atoms with van der Waals surface area (Å²) in [6.45, 7) is 1.38. The fourth-order valence-corrected chi connectivity index (χ4v) is 5.00. The van der Waals surface area contributed by atoms with Gasteiger partial charge in [-0.3, -0.25) is 4.79 Å². The molecule has 160 valence electrons. The highest BCUT2D eigenvalue weighted by Gasteiger charge is 2.33. The van der Waals surface area contributed by atoms with E-state index < -0.39 is 10.0 Å². The SMILES string of the molecule is COc1ccc(NC(=O)C2CCN(S(=O)(=O)c3ccc4c(c3)OCCO4)CC2)cn1. The van der Waals surface area contributed by atoms with Crippen molar-refractivity contribution >= 4 is 21.6 Å². The molecule has 9 nitrogen and oxygen atoms in total. The third-order valence-corrected chi connectivity index (χ3v) is 7.08. The molecule has 1 saturated heterocycles. The topological polar surface area (TPSA) is 107 Å². The number of aromatic nitrogens is 1. The molecule has 2 aliphatic rings. The van der Waals surface area contributed by atoms with Crippen LogP contribution in [0, 0.1) is 5.92 Å². The van der Waals surface area contributed by atoms with Crippen LogP contribution in [0.5, 0.6) is 17.4 Å². The van der Waals surface area contributed by atoms with Gasteiger partial charge in [-0.05, 0) is 31.0 Å². The van der Waals surface area contributed by atoms with E-state index in [9.17, 15) is 13.2 Å². The predicted molar refractivity (Wildman–Crippen MR) is 108 cm³/mol. The number of pyridine rings is 1. The summed E-state index contributed by atoms with van der Waals surface area (Å²) in [5.41, 5.74) is 0.576. The fourth-order valence-electron chi connectivity index (χ4n) is 3.51. The number of ether oxygens (including phenoxy) is 3. The summed E-state index contributed by atoms with van der Waals surface area (Å²) in [6.07, 6.45) is 2.41. The van der Waals surface area contributed by atoms with Crippen molar-refractivity contribution in [3.8, 4) is 17.4 Å². The van der Waals surface area contributed by atoms with Crippen molar-refractivity contribution in [3.05, 3.63) is 36.5 Å². The van der Waals surface area contributed by atoms with Gasteiger partial charge in [0.15, 0.2) is 11.5 Å². The van der Waals surface area contributed by atoms with Crippen molar-refractivity contribution < 1.29 is 27.4 Å². The van der Waals surface area contributed by atoms with Gasteiger partial charge in [0, 0.05) is 31.1 Å². The molecule has 0 radical (unpaired) electrons. The molecule has 10 heteroatoms. The average molecular weight is 433 g/mol. The maximum Gasteiger partial charge on any atom is 0.243 e. The van der Waals surface area contributed by atoms with Gasteiger partial charge in [0.25, 0.3) is 0 Å². The van der Waals surface area contributed by atoms with Crippen LogP contribution in [0.3, 0.4) is 0 Å². The van der Waals surface area contributed by atoms with Crippen LogP contribution in [-0.2, 0) is 14.8 Å². The number of amides is 1. The lowest BCUT2D eigenvalue weighted by Crippen LogP contribution is -2.41. The number of fused-ring (bicyclic) bond motifs is 1. The molecule has 1 amide bonds. The smallest absolute Gasteiger partial charge is 0.243 e. The molecule has 0 atom stereocenters. The first kappa shape index (κ1) is 20.4. The molecule has 0 unspecified atom stereocenters. The first-order chi connectivity index (χ1) is 14.5. The van der Waals surface area contributed by atoms with Gasteiger partial charge in [-0.25, -0.2) is 13.4 Å². The molecule has 0 bridgehead atoms. The van der Waals surface area contributed by atoms with Crippen molar-refractivity contribution in [2.45, 2.75) is 17.7 Å². The second-order valence-corrected chi connectivity index (χ2v) is 9.00. The van der Waals surface area contributed by atoms with Crippen molar-refractivity contribution in [1.29, 1.82) is 0 Å². The Bertz CT molecular complexity index is 1020. The Kier molecular flexibility index (Phi) is 5.78. The first-order valence-corrected chi connectivity index (χ1v) is 11.1. The molecule has 2 aromatic rings. The monoisotopic (exact) mass is 433 g/mol. The zero-order valence-electron chi connectivity index (χ0n) is 16.5. The van der Waals surface area contributed by atoms with E-state index in [4.69, 9.17) is 14.2 Å². The van der Waals surface area contributed by atoms with Crippen LogP contribution in [0.15, 0.2) is 41.4 Å². The normalized spacial score (nSPS) is 17.4. The second-order valence-electron chi connectivity index (χ2n) is 7.06. The summed E-state index contributed by atoms with van der Waals surface area (Å²) < 4.78 is 43.4. The standard InChI is InChI=1S/C20H23N3O6S/c1-27-19-5-2-15(13-21-19)22-20(24)14-6-8-23(9-7-14)30(25,26)16-3-4-17-18(12-16)29-11-10-28-17/h2-5,12-14H,6-11H2,1H3,(H,22,24). The van der Waals surface area contributed by atoms with Crippen LogP contribution in [0.2, 0.25) is 0 Å². The quantitative estimate of drug-likeness (QED) is 0.767. The summed E-state index contributed by atoms with van der Waals surface area (Å²) in [7, 11) is -2.15. The third kappa shape index (κ3) is 4.19. The second kappa shape index (κ2) is 8.49. The summed E-state index contributed by atoms with van der Waals surface area (Å²) in [6, 6.07) is 8.02. The number of sulfonamides is 1. The highest BCUT2D eigenvalue weighted by molar-refractivity contribution is 7.89. The van der Waals surface area contributed by atoms with Crippen LogP contribution in [0.1, 0.15) is 12.8 Å². The number of nitrogens with zero attached hydrogens (tertiary/aromatic N) is 2. The highest BCUT2D eigenvalue weighted by Crippen LogP contribution is 2.34. The Morgan fingerprint density at radius 2 is 1.87 bits per heavy atom. The predicted octanol–water partition coefficient (Wildman–Crippen LogP) is 1.90. The lowest BCUT2D eigenvalue weighted by Gasteiger charge is -2.30. The third-order valence-electron chi connectivity index (χ3n) is 5.19. The van der Waals surface area contributed by atoms with Gasteiger partial charge in [-0.2, -0.15) is 4.31 Å². The summed E-state index contributed by atoms with van der Waals surface area (Å²) in [5, 5.41) is 2.83. The molecule has 3 heterocycles. The van der Waals surface area contributed by atoms with Crippen molar-refractivity contribution in [3.63, 3.8) is 0 Å². The number of hydrogen-bond acceptors (Lipinski definition) is 7. The largest absolute Gasteiger partial charge is 0.486 e. The molecule has 1 aromatic heterocycles. The van der Waals surface area contributed by atoms with Crippen LogP contribution < -0.4 is 19.5 Å². The van der Waals surface area contributed by atoms with Crippen molar-refractivity contribution in [2.75, 3.05) is 38.7 Å². The Labute approximate surface area is 175 Å². The van der Waals surface area contributed by atoms with Gasteiger partial charge in [-0.1, -0.05) is 0 Å². The molecule has 4 rings (SSSR count). The first-order valence-electron chi connectivity index (χ1n) is 9.68. The van der Waals surface area contributed by atoms with Gasteiger partial charge >= 0.3 is 0 Å². The van der Waals surface area contributed by atoms with E-state index in [0.717, 1.165) is 0 Å². The Morgan fingerprint density at radius 1 is 1.13 bits per heavy atom. The van der Waals surface area contributed by atoms with E-state index >= 15 is 0 Å². The molecule has 1 aromatic carbocycles. The van der Waals surface area contributed by atoms with E-state index in [1.165, 1.54) is 29.7 Å². The molecular weight excluding hydrogens is 410 g/mol. The molecular formula is C20H23N3O6S. The number of methoxy groups -OCH3 is 1. The summed E-state index contributed by atoms with van der Waals surface area (Å²) in [4.78, 5) is 16.8. The number of rotatable bonds is 5. The number of piperidine rings is 1. The lowest BCUT2D eigenvalue weighted by molar-refractivity contribution is -0.120. The highest BCUT2D eigenvalue weighted by atomic mass is 32.2. The molecule has 30 heavy (non-hydrogen) atoms. The van der Waals surface area contributed by atoms with E-state index in [2.05, 4.69) is 10.3 Å². The zero-order valence-corrected chi connectivity index (χ0v) is 17.4. The van der Waals surface area contributed by atoms with E-state index in [0.29, 0.717) is 49.1 Å². The number of benzene rings is 1. The molecule has 2 aliphatic heterocycles. The minimum atomic E-state index is -3.67. The minimum absolute atomic E-state index is 0.140. The average Bonchev–Trinajstić information content (AvgIpc) is 2.79. The Morgan fingerprint density at radius 3 is 2.53 bits per heavy atom. The van der Waals surface area contributed by atoms with Crippen molar-refractivity contribution in [2.24, 2.45) is 5.92 Å². The number of carbonyl (C=O) groups is 1. The van der Waals surface area contributed by atoms with Gasteiger partial charge in [0.2, 0.25) is 21.8 Å². The van der Waals surface area contributed by atoms with Gasteiger partial charge in [0.05, 0.1) is 23.9 Å². The molecule has 1 fully saturated rings. The Hall–Kier alpha value is -2.85. The van der Waals surface area contributed by atoms with E-state index in [1.54, 1.807) is 18.2 Å². The summed E-state index contributed by atoms with van der Waals surface area (Å²) >= 11 is 0. The van der Waals surface area contributed by atoms with E-state index in [1.807, 2.05) is 0 Å². The molecule has 0 spiro atoms. The van der Waals surface area contributed by atoms with Crippen molar-refractivity contribution in [1.82, 2.24) is 9.29 Å². The lowest BCUT2D eigenvalue weighted by atomic mass is 9.97. The molecule has 1 N–H and O–H groups in total. The minimum Gasteiger partial charge on any atom is -0.486 e. The molecule has 0 aliphatic carbocycles. The molecule has 0 saturated carbocycles. The number of anilines is 1. The van der Waals surface area contributed by atoms with E-state index in [-0.39, 0.29) is 29.8 Å². The maximum absolute atomic E-state index is 13.0. The maximum atomic E-state index is 13.0. The van der Waals surface area contributed by atoms with Crippen LogP contribution in [0.4, 0.5) is 5.69 Å². The van der Waals surface area contributed by atoms with Crippen LogP contribution in [0.25, 0.3) is 0 Å².